The molecule has 0 heterocycles. The summed E-state index contributed by atoms with van der Waals surface area (Å²) in [5, 5.41) is 3.19. The van der Waals surface area contributed by atoms with Gasteiger partial charge in [0.15, 0.2) is 0 Å². The molecule has 1 N–H and O–H groups in total. The van der Waals surface area contributed by atoms with Crippen molar-refractivity contribution in [3.8, 4) is 0 Å². The molecule has 5 heteroatoms. The van der Waals surface area contributed by atoms with Crippen LogP contribution in [-0.4, -0.2) is 31.4 Å². The van der Waals surface area contributed by atoms with Gasteiger partial charge in [-0.25, -0.2) is 4.39 Å². The van der Waals surface area contributed by atoms with Crippen LogP contribution in [0.15, 0.2) is 18.2 Å². The second-order valence-electron chi connectivity index (χ2n) is 3.93. The highest BCUT2D eigenvalue weighted by molar-refractivity contribution is 6.31. The molecule has 1 rings (SSSR count). The number of halogens is 2. The summed E-state index contributed by atoms with van der Waals surface area (Å²) in [6.45, 7) is 1.00. The standard InChI is InChI=1S/C12H16ClFN2O/c1-16(2)11(17)6-7-15-8-9-4-3-5-10(14)12(9)13/h3-5,15H,6-8H2,1-2H3. The summed E-state index contributed by atoms with van der Waals surface area (Å²) >= 11 is 5.79. The summed E-state index contributed by atoms with van der Waals surface area (Å²) in [4.78, 5) is 12.8. The van der Waals surface area contributed by atoms with Crippen molar-refractivity contribution in [3.63, 3.8) is 0 Å². The first kappa shape index (κ1) is 13.9. The number of carbonyl (C=O) groups is 1. The Morgan fingerprint density at radius 3 is 2.82 bits per heavy atom. The molecule has 0 saturated heterocycles. The van der Waals surface area contributed by atoms with Crippen LogP contribution in [0.5, 0.6) is 0 Å². The van der Waals surface area contributed by atoms with Crippen LogP contribution in [0.3, 0.4) is 0 Å². The molecule has 1 aromatic rings. The normalized spacial score (nSPS) is 10.4. The maximum Gasteiger partial charge on any atom is 0.223 e. The minimum atomic E-state index is -0.421. The number of carbonyl (C=O) groups excluding carboxylic acids is 1. The van der Waals surface area contributed by atoms with Crippen molar-refractivity contribution in [1.29, 1.82) is 0 Å². The van der Waals surface area contributed by atoms with Crippen molar-refractivity contribution < 1.29 is 9.18 Å². The Morgan fingerprint density at radius 2 is 2.18 bits per heavy atom. The number of hydrogen-bond acceptors (Lipinski definition) is 2. The largest absolute Gasteiger partial charge is 0.349 e. The highest BCUT2D eigenvalue weighted by atomic mass is 35.5. The fourth-order valence-corrected chi connectivity index (χ4v) is 1.52. The summed E-state index contributed by atoms with van der Waals surface area (Å²) in [6, 6.07) is 4.69. The molecule has 1 aromatic carbocycles. The summed E-state index contributed by atoms with van der Waals surface area (Å²) in [5.74, 6) is -0.363. The lowest BCUT2D eigenvalue weighted by atomic mass is 10.2. The molecule has 0 aromatic heterocycles. The molecule has 94 valence electrons. The van der Waals surface area contributed by atoms with Gasteiger partial charge in [0.1, 0.15) is 5.82 Å². The van der Waals surface area contributed by atoms with E-state index in [0.717, 1.165) is 0 Å². The predicted molar refractivity (Wildman–Crippen MR) is 66.4 cm³/mol. The molecule has 0 aliphatic heterocycles. The minimum Gasteiger partial charge on any atom is -0.349 e. The average molecular weight is 259 g/mol. The summed E-state index contributed by atoms with van der Waals surface area (Å²) in [6.07, 6.45) is 0.417. The summed E-state index contributed by atoms with van der Waals surface area (Å²) in [5.41, 5.74) is 0.698. The van der Waals surface area contributed by atoms with Crippen LogP contribution in [0.25, 0.3) is 0 Å². The van der Waals surface area contributed by atoms with E-state index in [-0.39, 0.29) is 10.9 Å². The van der Waals surface area contributed by atoms with E-state index in [0.29, 0.717) is 25.1 Å². The molecule has 0 bridgehead atoms. The second kappa shape index (κ2) is 6.57. The van der Waals surface area contributed by atoms with E-state index < -0.39 is 5.82 Å². The van der Waals surface area contributed by atoms with Crippen LogP contribution in [0.4, 0.5) is 4.39 Å². The van der Waals surface area contributed by atoms with Crippen LogP contribution in [0, 0.1) is 5.82 Å². The zero-order chi connectivity index (χ0) is 12.8. The quantitative estimate of drug-likeness (QED) is 0.820. The third kappa shape index (κ3) is 4.32. The Kier molecular flexibility index (Phi) is 5.38. The van der Waals surface area contributed by atoms with Crippen molar-refractivity contribution in [1.82, 2.24) is 10.2 Å². The van der Waals surface area contributed by atoms with Crippen molar-refractivity contribution in [3.05, 3.63) is 34.6 Å². The van der Waals surface area contributed by atoms with Gasteiger partial charge in [-0.05, 0) is 11.6 Å². The van der Waals surface area contributed by atoms with Crippen LogP contribution in [0.1, 0.15) is 12.0 Å². The van der Waals surface area contributed by atoms with Gasteiger partial charge < -0.3 is 10.2 Å². The minimum absolute atomic E-state index is 0.0582. The molecule has 3 nitrogen and oxygen atoms in total. The molecule has 0 aliphatic rings. The van der Waals surface area contributed by atoms with E-state index in [1.165, 1.54) is 11.0 Å². The van der Waals surface area contributed by atoms with E-state index in [1.807, 2.05) is 0 Å². The lowest BCUT2D eigenvalue weighted by molar-refractivity contribution is -0.128. The number of rotatable bonds is 5. The second-order valence-corrected chi connectivity index (χ2v) is 4.31. The Labute approximate surface area is 106 Å². The fourth-order valence-electron chi connectivity index (χ4n) is 1.33. The number of amides is 1. The maximum atomic E-state index is 13.1. The SMILES string of the molecule is CN(C)C(=O)CCNCc1cccc(F)c1Cl. The molecular weight excluding hydrogens is 243 g/mol. The number of benzene rings is 1. The first-order valence-corrected chi connectivity index (χ1v) is 5.74. The summed E-state index contributed by atoms with van der Waals surface area (Å²) < 4.78 is 13.1. The van der Waals surface area contributed by atoms with E-state index in [4.69, 9.17) is 11.6 Å². The summed E-state index contributed by atoms with van der Waals surface area (Å²) in [7, 11) is 3.43. The van der Waals surface area contributed by atoms with Gasteiger partial charge in [-0.1, -0.05) is 23.7 Å². The molecule has 0 radical (unpaired) electrons. The van der Waals surface area contributed by atoms with Gasteiger partial charge >= 0.3 is 0 Å². The molecule has 0 unspecified atom stereocenters. The van der Waals surface area contributed by atoms with Crippen molar-refractivity contribution in [2.75, 3.05) is 20.6 Å². The van der Waals surface area contributed by atoms with Gasteiger partial charge in [-0.2, -0.15) is 0 Å². The highest BCUT2D eigenvalue weighted by Gasteiger charge is 2.06. The molecule has 0 spiro atoms. The smallest absolute Gasteiger partial charge is 0.223 e. The molecule has 0 aliphatic carbocycles. The Bertz CT molecular complexity index is 396. The van der Waals surface area contributed by atoms with E-state index in [9.17, 15) is 9.18 Å². The van der Waals surface area contributed by atoms with Crippen molar-refractivity contribution in [2.24, 2.45) is 0 Å². The van der Waals surface area contributed by atoms with Crippen LogP contribution in [0.2, 0.25) is 5.02 Å². The van der Waals surface area contributed by atoms with Gasteiger partial charge in [-0.3, -0.25) is 4.79 Å². The van der Waals surface area contributed by atoms with Gasteiger partial charge in [0.2, 0.25) is 5.91 Å². The number of hydrogen-bond donors (Lipinski definition) is 1. The van der Waals surface area contributed by atoms with Crippen molar-refractivity contribution >= 4 is 17.5 Å². The zero-order valence-corrected chi connectivity index (χ0v) is 10.7. The maximum absolute atomic E-state index is 13.1. The lowest BCUT2D eigenvalue weighted by Gasteiger charge is -2.11. The lowest BCUT2D eigenvalue weighted by Crippen LogP contribution is -2.26. The average Bonchev–Trinajstić information content (AvgIpc) is 2.29. The van der Waals surface area contributed by atoms with Crippen LogP contribution < -0.4 is 5.32 Å². The zero-order valence-electron chi connectivity index (χ0n) is 9.96. The van der Waals surface area contributed by atoms with E-state index in [2.05, 4.69) is 5.32 Å². The van der Waals surface area contributed by atoms with Gasteiger partial charge in [0.05, 0.1) is 5.02 Å². The molecule has 0 atom stereocenters. The first-order chi connectivity index (χ1) is 8.02. The monoisotopic (exact) mass is 258 g/mol. The number of nitrogens with one attached hydrogen (secondary N) is 1. The Balaban J connectivity index is 2.36. The van der Waals surface area contributed by atoms with Gasteiger partial charge in [-0.15, -0.1) is 0 Å². The third-order valence-electron chi connectivity index (χ3n) is 2.36. The fraction of sp³-hybridized carbons (Fsp3) is 0.417. The first-order valence-electron chi connectivity index (χ1n) is 5.36. The highest BCUT2D eigenvalue weighted by Crippen LogP contribution is 2.19. The molecule has 1 amide bonds. The van der Waals surface area contributed by atoms with E-state index in [1.54, 1.807) is 26.2 Å². The molecular formula is C12H16ClFN2O. The molecule has 17 heavy (non-hydrogen) atoms. The van der Waals surface area contributed by atoms with Crippen LogP contribution in [-0.2, 0) is 11.3 Å². The number of nitrogens with zero attached hydrogens (tertiary/aromatic N) is 1. The molecule has 0 fully saturated rings. The van der Waals surface area contributed by atoms with Crippen LogP contribution >= 0.6 is 11.6 Å². The van der Waals surface area contributed by atoms with Gasteiger partial charge in [0.25, 0.3) is 0 Å². The third-order valence-corrected chi connectivity index (χ3v) is 2.78. The van der Waals surface area contributed by atoms with E-state index >= 15 is 0 Å². The Hall–Kier alpha value is -1.13. The predicted octanol–water partition coefficient (Wildman–Crippen LogP) is 2.05. The molecule has 0 saturated carbocycles. The van der Waals surface area contributed by atoms with Gasteiger partial charge in [0, 0.05) is 33.6 Å². The van der Waals surface area contributed by atoms with Crippen molar-refractivity contribution in [2.45, 2.75) is 13.0 Å². The topological polar surface area (TPSA) is 32.3 Å². The Morgan fingerprint density at radius 1 is 1.47 bits per heavy atom.